The Morgan fingerprint density at radius 2 is 1.73 bits per heavy atom. The van der Waals surface area contributed by atoms with Crippen LogP contribution in [0.4, 0.5) is 0 Å². The van der Waals surface area contributed by atoms with E-state index in [4.69, 9.17) is 23.7 Å². The highest BCUT2D eigenvalue weighted by atomic mass is 33.1. The maximum Gasteiger partial charge on any atom is 0.305 e. The van der Waals surface area contributed by atoms with E-state index in [0.717, 1.165) is 30.9 Å². The van der Waals surface area contributed by atoms with Gasteiger partial charge in [0.05, 0.1) is 7.11 Å². The van der Waals surface area contributed by atoms with Crippen LogP contribution in [0.5, 0.6) is 40.2 Å². The summed E-state index contributed by atoms with van der Waals surface area (Å²) in [6.07, 6.45) is 2.47. The van der Waals surface area contributed by atoms with Crippen LogP contribution >= 0.6 is 21.6 Å². The lowest BCUT2D eigenvalue weighted by Gasteiger charge is -2.35. The lowest BCUT2D eigenvalue weighted by Crippen LogP contribution is -2.43. The van der Waals surface area contributed by atoms with Gasteiger partial charge in [0, 0.05) is 29.6 Å². The fraction of sp³-hybridized carbons (Fsp3) is 0.444. The largest absolute Gasteiger partial charge is 0.508 e. The second-order valence-corrected chi connectivity index (χ2v) is 15.1. The van der Waals surface area contributed by atoms with Crippen LogP contribution in [0, 0.1) is 0 Å². The van der Waals surface area contributed by atoms with Gasteiger partial charge in [0.2, 0.25) is 5.78 Å². The number of methoxy groups -OCH3 is 1. The zero-order valence-electron chi connectivity index (χ0n) is 27.0. The van der Waals surface area contributed by atoms with Crippen LogP contribution < -0.4 is 18.9 Å². The number of phenolic OH excluding ortho intramolecular Hbond substituents is 3. The minimum absolute atomic E-state index is 0.00949. The number of aliphatic hydroxyl groups is 1. The fourth-order valence-corrected chi connectivity index (χ4v) is 9.28. The molecule has 3 aliphatic heterocycles. The molecule has 0 saturated carbocycles. The number of Topliss-reactive ketones (excluding diaryl/α,β-unsaturated/α-hetero) is 1. The molecule has 4 N–H and O–H groups in total. The van der Waals surface area contributed by atoms with Gasteiger partial charge < -0.3 is 44.1 Å². The lowest BCUT2D eigenvalue weighted by atomic mass is 9.92. The van der Waals surface area contributed by atoms with Crippen LogP contribution in [0.3, 0.4) is 0 Å². The highest BCUT2D eigenvalue weighted by Gasteiger charge is 2.40. The van der Waals surface area contributed by atoms with Crippen molar-refractivity contribution in [3.63, 3.8) is 0 Å². The minimum atomic E-state index is -1.62. The maximum absolute atomic E-state index is 13.0. The third kappa shape index (κ3) is 8.27. The molecule has 3 aliphatic rings. The van der Waals surface area contributed by atoms with Crippen molar-refractivity contribution >= 4 is 33.3 Å². The van der Waals surface area contributed by atoms with E-state index >= 15 is 0 Å². The predicted molar refractivity (Wildman–Crippen MR) is 184 cm³/mol. The van der Waals surface area contributed by atoms with Gasteiger partial charge in [-0.3, -0.25) is 9.59 Å². The van der Waals surface area contributed by atoms with Crippen LogP contribution in [-0.4, -0.2) is 75.2 Å². The third-order valence-corrected chi connectivity index (χ3v) is 11.9. The number of aryl methyl sites for hydroxylation is 1. The molecule has 0 spiro atoms. The van der Waals surface area contributed by atoms with Gasteiger partial charge in [0.25, 0.3) is 0 Å². The molecule has 49 heavy (non-hydrogen) atoms. The number of aromatic hydroxyl groups is 3. The Morgan fingerprint density at radius 3 is 2.53 bits per heavy atom. The number of fused-ring (bicyclic) bond motifs is 2. The molecular weight excluding hydrogens is 673 g/mol. The van der Waals surface area contributed by atoms with E-state index in [1.54, 1.807) is 30.3 Å². The van der Waals surface area contributed by atoms with E-state index in [1.807, 2.05) is 27.7 Å². The van der Waals surface area contributed by atoms with Gasteiger partial charge >= 0.3 is 5.97 Å². The van der Waals surface area contributed by atoms with Gasteiger partial charge in [-0.1, -0.05) is 40.1 Å². The molecule has 1 fully saturated rings. The number of aliphatic hydroxyl groups excluding tert-OH is 1. The van der Waals surface area contributed by atoms with E-state index in [0.29, 0.717) is 53.7 Å². The molecule has 0 bridgehead atoms. The Labute approximate surface area is 292 Å². The molecule has 5 atom stereocenters. The Morgan fingerprint density at radius 1 is 0.898 bits per heavy atom. The molecule has 0 aliphatic carbocycles. The second-order valence-electron chi connectivity index (χ2n) is 12.4. The van der Waals surface area contributed by atoms with Gasteiger partial charge in [-0.25, -0.2) is 0 Å². The first-order chi connectivity index (χ1) is 23.7. The first-order valence-corrected chi connectivity index (χ1v) is 18.8. The van der Waals surface area contributed by atoms with Crippen molar-refractivity contribution < 1.29 is 53.7 Å². The molecule has 6 rings (SSSR count). The Bertz CT molecular complexity index is 1660. The van der Waals surface area contributed by atoms with Crippen LogP contribution in [-0.2, 0) is 16.0 Å². The van der Waals surface area contributed by atoms with Crippen LogP contribution in [0.25, 0.3) is 0 Å². The zero-order chi connectivity index (χ0) is 34.5. The summed E-state index contributed by atoms with van der Waals surface area (Å²) in [4.78, 5) is 25.7. The SMILES string of the molecule is COc1cc(CCCC2Oc3cc([C@H]4Oc5cc(O)cc(O)c5C(=O)[C@@H]4O)ccc3OC2COC(=O)CCCCC2CCSS2)ccc1O. The molecule has 1 saturated heterocycles. The smallest absolute Gasteiger partial charge is 0.305 e. The highest BCUT2D eigenvalue weighted by Crippen LogP contribution is 2.44. The number of hydrogen-bond donors (Lipinski definition) is 4. The Balaban J connectivity index is 1.14. The summed E-state index contributed by atoms with van der Waals surface area (Å²) in [6.45, 7) is 0.00949. The van der Waals surface area contributed by atoms with E-state index < -0.39 is 35.9 Å². The van der Waals surface area contributed by atoms with Crippen LogP contribution in [0.1, 0.15) is 72.5 Å². The number of esters is 1. The van der Waals surface area contributed by atoms with E-state index in [9.17, 15) is 30.0 Å². The summed E-state index contributed by atoms with van der Waals surface area (Å²) in [5, 5.41) is 41.6. The van der Waals surface area contributed by atoms with E-state index in [2.05, 4.69) is 0 Å². The highest BCUT2D eigenvalue weighted by molar-refractivity contribution is 8.77. The normalized spacial score (nSPS) is 22.7. The quantitative estimate of drug-likeness (QED) is 0.0892. The number of carbonyl (C=O) groups excluding carboxylic acids is 2. The molecule has 3 unspecified atom stereocenters. The minimum Gasteiger partial charge on any atom is -0.508 e. The molecule has 13 heteroatoms. The number of unbranched alkanes of at least 4 members (excludes halogenated alkanes) is 1. The number of hydrogen-bond acceptors (Lipinski definition) is 13. The molecular formula is C36H40O11S2. The number of ketones is 1. The standard InChI is InChI=1S/C36H40O11S2/c1-43-28-15-20(9-11-24(28)38)5-4-7-26-31(19-44-32(40)8-3-2-6-23-13-14-48-49-23)46-27-12-10-21(16-29(27)45-26)36-35(42)34(41)33-25(39)17-22(37)18-30(33)47-36/h9-12,15-18,23,26,31,35-39,42H,2-8,13-14,19H2,1H3/t23?,26?,31?,35-,36+/m0/s1. The summed E-state index contributed by atoms with van der Waals surface area (Å²) >= 11 is 0. The number of carbonyl (C=O) groups is 2. The number of benzene rings is 3. The van der Waals surface area contributed by atoms with Gasteiger partial charge in [-0.05, 0) is 73.9 Å². The first kappa shape index (κ1) is 34.9. The Kier molecular flexibility index (Phi) is 11.2. The molecule has 3 aromatic rings. The lowest BCUT2D eigenvalue weighted by molar-refractivity contribution is -0.148. The maximum atomic E-state index is 13.0. The number of phenols is 3. The van der Waals surface area contributed by atoms with Crippen molar-refractivity contribution in [2.24, 2.45) is 0 Å². The molecule has 11 nitrogen and oxygen atoms in total. The third-order valence-electron chi connectivity index (χ3n) is 8.88. The van der Waals surface area contributed by atoms with Gasteiger partial charge in [0.15, 0.2) is 41.3 Å². The van der Waals surface area contributed by atoms with Gasteiger partial charge in [-0.2, -0.15) is 0 Å². The van der Waals surface area contributed by atoms with E-state index in [-0.39, 0.29) is 35.4 Å². The molecule has 0 radical (unpaired) electrons. The molecule has 0 amide bonds. The summed E-state index contributed by atoms with van der Waals surface area (Å²) in [7, 11) is 5.35. The average molecular weight is 713 g/mol. The van der Waals surface area contributed by atoms with Crippen molar-refractivity contribution in [2.75, 3.05) is 19.5 Å². The van der Waals surface area contributed by atoms with Gasteiger partial charge in [0.1, 0.15) is 35.5 Å². The predicted octanol–water partition coefficient (Wildman–Crippen LogP) is 6.28. The van der Waals surface area contributed by atoms with Crippen molar-refractivity contribution in [1.29, 1.82) is 0 Å². The molecule has 262 valence electrons. The summed E-state index contributed by atoms with van der Waals surface area (Å²) in [5.74, 6) is 0.583. The number of ether oxygens (including phenoxy) is 5. The summed E-state index contributed by atoms with van der Waals surface area (Å²) in [6, 6.07) is 12.3. The van der Waals surface area contributed by atoms with Crippen molar-refractivity contribution in [2.45, 2.75) is 81.0 Å². The molecule has 3 heterocycles. The number of rotatable bonds is 13. The topological polar surface area (TPSA) is 161 Å². The molecule has 0 aromatic heterocycles. The first-order valence-electron chi connectivity index (χ1n) is 16.4. The average Bonchev–Trinajstić information content (AvgIpc) is 3.61. The van der Waals surface area contributed by atoms with Crippen LogP contribution in [0.15, 0.2) is 48.5 Å². The monoisotopic (exact) mass is 712 g/mol. The van der Waals surface area contributed by atoms with Crippen molar-refractivity contribution in [3.05, 3.63) is 65.2 Å². The summed E-state index contributed by atoms with van der Waals surface area (Å²) < 4.78 is 29.6. The molecule has 3 aromatic carbocycles. The second kappa shape index (κ2) is 15.7. The van der Waals surface area contributed by atoms with Gasteiger partial charge in [-0.15, -0.1) is 0 Å². The van der Waals surface area contributed by atoms with Crippen molar-refractivity contribution in [1.82, 2.24) is 0 Å². The fourth-order valence-electron chi connectivity index (χ4n) is 6.26. The van der Waals surface area contributed by atoms with Crippen molar-refractivity contribution in [3.8, 4) is 40.2 Å². The van der Waals surface area contributed by atoms with Crippen LogP contribution in [0.2, 0.25) is 0 Å². The zero-order valence-corrected chi connectivity index (χ0v) is 28.7. The summed E-state index contributed by atoms with van der Waals surface area (Å²) in [5.41, 5.74) is 1.19. The van der Waals surface area contributed by atoms with E-state index in [1.165, 1.54) is 25.3 Å². The Hall–Kier alpha value is -3.94.